The van der Waals surface area contributed by atoms with Gasteiger partial charge in [0.1, 0.15) is 5.69 Å². The molecule has 2 aliphatic heterocycles. The number of aromatic nitrogens is 3. The number of methoxy groups -OCH3 is 1. The Hall–Kier alpha value is -4.05. The lowest BCUT2D eigenvalue weighted by molar-refractivity contribution is 0.0594. The van der Waals surface area contributed by atoms with Gasteiger partial charge in [-0.2, -0.15) is 0 Å². The van der Waals surface area contributed by atoms with Gasteiger partial charge in [-0.1, -0.05) is 6.07 Å². The molecule has 4 heterocycles. The number of rotatable bonds is 5. The standard InChI is InChI=1S/C31H32F2N4O4/c1-35-27-15-21(14-23(18-8-11-41-12-9-18)28(27)36(2)31(35)39)37-10-4-5-19-13-22(24(29(32)33)16-26(19)37)20-6-7-25(34-17-20)30(38)40-3/h6-7,13-18,29H,4-5,8-12H2,1-3H3. The fourth-order valence-electron chi connectivity index (χ4n) is 6.27. The molecule has 4 aromatic rings. The molecule has 10 heteroatoms. The van der Waals surface area contributed by atoms with E-state index in [1.807, 2.05) is 12.1 Å². The molecule has 0 atom stereocenters. The lowest BCUT2D eigenvalue weighted by atomic mass is 9.89. The largest absolute Gasteiger partial charge is 0.464 e. The highest BCUT2D eigenvalue weighted by Crippen LogP contribution is 2.43. The zero-order chi connectivity index (χ0) is 28.8. The third kappa shape index (κ3) is 4.69. The zero-order valence-electron chi connectivity index (χ0n) is 23.3. The van der Waals surface area contributed by atoms with Crippen LogP contribution in [0.2, 0.25) is 0 Å². The molecule has 2 aromatic heterocycles. The zero-order valence-corrected chi connectivity index (χ0v) is 23.3. The maximum absolute atomic E-state index is 14.5. The first kappa shape index (κ1) is 27.1. The SMILES string of the molecule is COC(=O)c1ccc(-c2cc3c(cc2C(F)F)N(c2cc(C4CCOCC4)c4c(c2)n(C)c(=O)n4C)CCC3)cn1. The van der Waals surface area contributed by atoms with E-state index in [0.717, 1.165) is 59.2 Å². The molecule has 2 aromatic carbocycles. The van der Waals surface area contributed by atoms with Crippen LogP contribution in [0.15, 0.2) is 47.4 Å². The van der Waals surface area contributed by atoms with Crippen molar-refractivity contribution in [1.82, 2.24) is 14.1 Å². The fraction of sp³-hybridized carbons (Fsp3) is 0.387. The van der Waals surface area contributed by atoms with Gasteiger partial charge in [0.05, 0.1) is 18.1 Å². The van der Waals surface area contributed by atoms with Gasteiger partial charge in [-0.25, -0.2) is 23.4 Å². The van der Waals surface area contributed by atoms with E-state index in [1.54, 1.807) is 35.4 Å². The molecule has 0 saturated carbocycles. The van der Waals surface area contributed by atoms with Crippen molar-refractivity contribution < 1.29 is 23.0 Å². The van der Waals surface area contributed by atoms with Gasteiger partial charge in [0.2, 0.25) is 0 Å². The van der Waals surface area contributed by atoms with Crippen LogP contribution in [0.5, 0.6) is 0 Å². The van der Waals surface area contributed by atoms with Crippen LogP contribution in [-0.2, 0) is 30.0 Å². The topological polar surface area (TPSA) is 78.6 Å². The van der Waals surface area contributed by atoms with E-state index in [-0.39, 0.29) is 22.9 Å². The molecule has 1 fully saturated rings. The number of carbonyl (C=O) groups is 1. The quantitative estimate of drug-likeness (QED) is 0.293. The first-order chi connectivity index (χ1) is 19.8. The lowest BCUT2D eigenvalue weighted by Gasteiger charge is -2.34. The van der Waals surface area contributed by atoms with Crippen LogP contribution in [0.3, 0.4) is 0 Å². The summed E-state index contributed by atoms with van der Waals surface area (Å²) in [6.45, 7) is 2.00. The minimum atomic E-state index is -2.71. The highest BCUT2D eigenvalue weighted by atomic mass is 19.3. The van der Waals surface area contributed by atoms with Crippen molar-refractivity contribution in [2.45, 2.75) is 38.0 Å². The number of fused-ring (bicyclic) bond motifs is 2. The van der Waals surface area contributed by atoms with Crippen LogP contribution in [-0.4, -0.2) is 47.0 Å². The van der Waals surface area contributed by atoms with Crippen molar-refractivity contribution in [2.75, 3.05) is 31.8 Å². The van der Waals surface area contributed by atoms with Gasteiger partial charge in [-0.3, -0.25) is 9.13 Å². The molecule has 41 heavy (non-hydrogen) atoms. The number of alkyl halides is 2. The van der Waals surface area contributed by atoms with Crippen LogP contribution >= 0.6 is 0 Å². The van der Waals surface area contributed by atoms with Gasteiger partial charge < -0.3 is 14.4 Å². The second-order valence-electron chi connectivity index (χ2n) is 10.7. The Morgan fingerprint density at radius 2 is 1.88 bits per heavy atom. The number of nitrogens with zero attached hydrogens (tertiary/aromatic N) is 4. The summed E-state index contributed by atoms with van der Waals surface area (Å²) >= 11 is 0. The number of halogens is 2. The number of hydrogen-bond acceptors (Lipinski definition) is 6. The maximum Gasteiger partial charge on any atom is 0.356 e. The van der Waals surface area contributed by atoms with E-state index in [2.05, 4.69) is 16.0 Å². The van der Waals surface area contributed by atoms with Crippen LogP contribution in [0.1, 0.15) is 58.8 Å². The number of aryl methyl sites for hydroxylation is 3. The summed E-state index contributed by atoms with van der Waals surface area (Å²) in [6.07, 6.45) is 2.03. The average molecular weight is 563 g/mol. The molecular weight excluding hydrogens is 530 g/mol. The van der Waals surface area contributed by atoms with Gasteiger partial charge in [0, 0.05) is 62.6 Å². The number of esters is 1. The molecule has 6 rings (SSSR count). The van der Waals surface area contributed by atoms with Crippen molar-refractivity contribution in [2.24, 2.45) is 14.1 Å². The van der Waals surface area contributed by atoms with E-state index in [4.69, 9.17) is 9.47 Å². The van der Waals surface area contributed by atoms with Crippen molar-refractivity contribution in [3.05, 3.63) is 75.5 Å². The van der Waals surface area contributed by atoms with Crippen LogP contribution in [0.4, 0.5) is 20.2 Å². The van der Waals surface area contributed by atoms with Crippen LogP contribution in [0, 0.1) is 0 Å². The predicted molar refractivity (Wildman–Crippen MR) is 152 cm³/mol. The second kappa shape index (κ2) is 10.7. The predicted octanol–water partition coefficient (Wildman–Crippen LogP) is 5.64. The molecule has 1 saturated heterocycles. The molecule has 214 valence electrons. The van der Waals surface area contributed by atoms with Gasteiger partial charge in [0.15, 0.2) is 0 Å². The van der Waals surface area contributed by atoms with Crippen molar-refractivity contribution in [3.8, 4) is 11.1 Å². The Kier molecular flexibility index (Phi) is 7.11. The molecule has 0 spiro atoms. The van der Waals surface area contributed by atoms with Gasteiger partial charge in [-0.05, 0) is 78.6 Å². The molecule has 0 radical (unpaired) electrons. The first-order valence-corrected chi connectivity index (χ1v) is 13.8. The summed E-state index contributed by atoms with van der Waals surface area (Å²) in [5, 5.41) is 0. The Balaban J connectivity index is 1.48. The molecule has 8 nitrogen and oxygen atoms in total. The number of carbonyl (C=O) groups excluding carboxylic acids is 1. The summed E-state index contributed by atoms with van der Waals surface area (Å²) in [6, 6.07) is 10.7. The molecule has 0 aliphatic carbocycles. The van der Waals surface area contributed by atoms with Crippen LogP contribution in [0.25, 0.3) is 22.2 Å². The van der Waals surface area contributed by atoms with E-state index >= 15 is 0 Å². The van der Waals surface area contributed by atoms with Gasteiger partial charge in [-0.15, -0.1) is 0 Å². The van der Waals surface area contributed by atoms with Crippen molar-refractivity contribution >= 4 is 28.4 Å². The van der Waals surface area contributed by atoms with E-state index in [9.17, 15) is 18.4 Å². The van der Waals surface area contributed by atoms with Crippen molar-refractivity contribution in [1.29, 1.82) is 0 Å². The summed E-state index contributed by atoms with van der Waals surface area (Å²) in [7, 11) is 4.84. The summed E-state index contributed by atoms with van der Waals surface area (Å²) in [4.78, 5) is 31.0. The minimum Gasteiger partial charge on any atom is -0.464 e. The fourth-order valence-corrected chi connectivity index (χ4v) is 6.27. The molecule has 0 unspecified atom stereocenters. The lowest BCUT2D eigenvalue weighted by Crippen LogP contribution is -2.25. The monoisotopic (exact) mass is 562 g/mol. The van der Waals surface area contributed by atoms with Gasteiger partial charge >= 0.3 is 11.7 Å². The number of imidazole rings is 1. The number of pyridine rings is 1. The third-order valence-electron chi connectivity index (χ3n) is 8.42. The Labute approximate surface area is 236 Å². The second-order valence-corrected chi connectivity index (χ2v) is 10.7. The highest BCUT2D eigenvalue weighted by Gasteiger charge is 2.28. The molecule has 0 bridgehead atoms. The Bertz CT molecular complexity index is 1690. The van der Waals surface area contributed by atoms with E-state index in [1.165, 1.54) is 19.4 Å². The number of benzene rings is 2. The minimum absolute atomic E-state index is 0.0962. The Morgan fingerprint density at radius 1 is 1.10 bits per heavy atom. The first-order valence-electron chi connectivity index (χ1n) is 13.8. The maximum atomic E-state index is 14.5. The van der Waals surface area contributed by atoms with Gasteiger partial charge in [0.25, 0.3) is 6.43 Å². The number of ether oxygens (including phenoxy) is 2. The molecule has 0 amide bonds. The summed E-state index contributed by atoms with van der Waals surface area (Å²) in [5.74, 6) is -0.345. The third-order valence-corrected chi connectivity index (χ3v) is 8.42. The average Bonchev–Trinajstić information content (AvgIpc) is 3.23. The molecule has 2 aliphatic rings. The summed E-state index contributed by atoms with van der Waals surface area (Å²) < 4.78 is 42.7. The highest BCUT2D eigenvalue weighted by molar-refractivity contribution is 5.89. The van der Waals surface area contributed by atoms with E-state index in [0.29, 0.717) is 30.9 Å². The normalized spacial score (nSPS) is 15.9. The van der Waals surface area contributed by atoms with Crippen LogP contribution < -0.4 is 10.6 Å². The Morgan fingerprint density at radius 3 is 2.56 bits per heavy atom. The molecule has 0 N–H and O–H groups in total. The van der Waals surface area contributed by atoms with Crippen molar-refractivity contribution in [3.63, 3.8) is 0 Å². The number of anilines is 2. The van der Waals surface area contributed by atoms with E-state index < -0.39 is 12.4 Å². The number of hydrogen-bond donors (Lipinski definition) is 0. The summed E-state index contributed by atoms with van der Waals surface area (Å²) in [5.41, 5.74) is 6.25. The molecular formula is C31H32F2N4O4. The smallest absolute Gasteiger partial charge is 0.356 e.